The lowest BCUT2D eigenvalue weighted by Gasteiger charge is -2.00. The molecular weight excluding hydrogens is 199 g/mol. The van der Waals surface area contributed by atoms with Crippen LogP contribution in [0.4, 0.5) is 13.2 Å². The summed E-state index contributed by atoms with van der Waals surface area (Å²) in [5, 5.41) is 3.18. The molecule has 0 saturated carbocycles. The number of nitrogens with zero attached hydrogens (tertiary/aromatic N) is 3. The van der Waals surface area contributed by atoms with Crippen molar-refractivity contribution in [2.24, 2.45) is 5.11 Å². The van der Waals surface area contributed by atoms with Crippen LogP contribution in [0.5, 0.6) is 0 Å². The van der Waals surface area contributed by atoms with Crippen LogP contribution in [-0.4, -0.2) is 6.54 Å². The van der Waals surface area contributed by atoms with Crippen molar-refractivity contribution in [3.05, 3.63) is 34.1 Å². The first-order chi connectivity index (χ1) is 6.54. The Balaban J connectivity index is 2.64. The average Bonchev–Trinajstić information content (AvgIpc) is 2.52. The van der Waals surface area contributed by atoms with E-state index in [0.717, 1.165) is 6.07 Å². The quantitative estimate of drug-likeness (QED) is 0.424. The third-order valence-electron chi connectivity index (χ3n) is 1.46. The molecule has 0 atom stereocenters. The molecule has 14 heavy (non-hydrogen) atoms. The zero-order valence-corrected chi connectivity index (χ0v) is 6.95. The van der Waals surface area contributed by atoms with Gasteiger partial charge in [-0.2, -0.15) is 13.2 Å². The van der Waals surface area contributed by atoms with Crippen molar-refractivity contribution in [3.63, 3.8) is 0 Å². The lowest BCUT2D eigenvalue weighted by atomic mass is 10.3. The highest BCUT2D eigenvalue weighted by atomic mass is 19.4. The van der Waals surface area contributed by atoms with Crippen LogP contribution in [0.15, 0.2) is 21.7 Å². The van der Waals surface area contributed by atoms with Crippen LogP contribution in [0.25, 0.3) is 10.4 Å². The van der Waals surface area contributed by atoms with Crippen molar-refractivity contribution in [1.29, 1.82) is 0 Å². The molecule has 76 valence electrons. The fourth-order valence-corrected chi connectivity index (χ4v) is 0.870. The average molecular weight is 205 g/mol. The highest BCUT2D eigenvalue weighted by Crippen LogP contribution is 2.30. The molecule has 0 radical (unpaired) electrons. The monoisotopic (exact) mass is 205 g/mol. The van der Waals surface area contributed by atoms with Gasteiger partial charge in [-0.15, -0.1) is 0 Å². The fourth-order valence-electron chi connectivity index (χ4n) is 0.870. The van der Waals surface area contributed by atoms with Crippen molar-refractivity contribution < 1.29 is 17.6 Å². The van der Waals surface area contributed by atoms with E-state index in [4.69, 9.17) is 5.53 Å². The molecule has 0 aliphatic carbocycles. The summed E-state index contributed by atoms with van der Waals surface area (Å²) < 4.78 is 40.5. The predicted molar refractivity (Wildman–Crippen MR) is 41.4 cm³/mol. The summed E-state index contributed by atoms with van der Waals surface area (Å²) in [6.45, 7) is 0.0846. The molecule has 1 aromatic heterocycles. The van der Waals surface area contributed by atoms with Gasteiger partial charge in [0.1, 0.15) is 5.76 Å². The Morgan fingerprint density at radius 3 is 2.64 bits per heavy atom. The number of azide groups is 1. The lowest BCUT2D eigenvalue weighted by Crippen LogP contribution is -2.02. The maximum Gasteiger partial charge on any atom is 0.449 e. The smallest absolute Gasteiger partial charge is 0.449 e. The van der Waals surface area contributed by atoms with Gasteiger partial charge >= 0.3 is 6.18 Å². The van der Waals surface area contributed by atoms with E-state index in [-0.39, 0.29) is 18.7 Å². The molecule has 1 aromatic rings. The second kappa shape index (κ2) is 4.06. The highest BCUT2D eigenvalue weighted by Gasteiger charge is 2.34. The Bertz CT molecular complexity index is 351. The summed E-state index contributed by atoms with van der Waals surface area (Å²) in [6.07, 6.45) is -4.29. The van der Waals surface area contributed by atoms with E-state index in [1.165, 1.54) is 6.07 Å². The Morgan fingerprint density at radius 2 is 2.14 bits per heavy atom. The molecule has 0 aromatic carbocycles. The first kappa shape index (κ1) is 10.5. The molecule has 0 saturated heterocycles. The van der Waals surface area contributed by atoms with Gasteiger partial charge < -0.3 is 4.42 Å². The van der Waals surface area contributed by atoms with Gasteiger partial charge in [-0.1, -0.05) is 5.11 Å². The Labute approximate surface area is 77.0 Å². The van der Waals surface area contributed by atoms with E-state index in [1.54, 1.807) is 0 Å². The number of hydrogen-bond donors (Lipinski definition) is 0. The largest absolute Gasteiger partial charge is 0.457 e. The predicted octanol–water partition coefficient (Wildman–Crippen LogP) is 3.15. The van der Waals surface area contributed by atoms with E-state index in [1.807, 2.05) is 0 Å². The molecule has 0 N–H and O–H groups in total. The van der Waals surface area contributed by atoms with Crippen LogP contribution in [-0.2, 0) is 12.6 Å². The van der Waals surface area contributed by atoms with Gasteiger partial charge in [-0.3, -0.25) is 0 Å². The van der Waals surface area contributed by atoms with Crippen LogP contribution in [0.2, 0.25) is 0 Å². The second-order valence-electron chi connectivity index (χ2n) is 2.47. The summed E-state index contributed by atoms with van der Waals surface area (Å²) in [4.78, 5) is 2.47. The molecule has 0 bridgehead atoms. The van der Waals surface area contributed by atoms with Crippen molar-refractivity contribution in [2.45, 2.75) is 12.6 Å². The molecule has 0 aliphatic rings. The number of alkyl halides is 3. The third kappa shape index (κ3) is 2.70. The number of rotatable bonds is 3. The summed E-state index contributed by atoms with van der Waals surface area (Å²) in [5.41, 5.74) is 7.93. The topological polar surface area (TPSA) is 61.9 Å². The van der Waals surface area contributed by atoms with Gasteiger partial charge in [-0.05, 0) is 17.7 Å². The van der Waals surface area contributed by atoms with E-state index < -0.39 is 11.9 Å². The molecule has 0 amide bonds. The molecular formula is C7H6F3N3O. The Kier molecular flexibility index (Phi) is 3.03. The van der Waals surface area contributed by atoms with E-state index in [0.29, 0.717) is 0 Å². The lowest BCUT2D eigenvalue weighted by molar-refractivity contribution is -0.153. The standard InChI is InChI=1S/C7H6F3N3O/c8-7(9,10)6-2-1-5(14-6)3-4-12-13-11/h1-2H,3-4H2. The normalized spacial score (nSPS) is 11.1. The molecule has 0 spiro atoms. The first-order valence-corrected chi connectivity index (χ1v) is 3.71. The molecule has 1 heterocycles. The van der Waals surface area contributed by atoms with Crippen LogP contribution < -0.4 is 0 Å². The Hall–Kier alpha value is -1.62. The Morgan fingerprint density at radius 1 is 1.43 bits per heavy atom. The van der Waals surface area contributed by atoms with Crippen LogP contribution in [0.1, 0.15) is 11.5 Å². The maximum atomic E-state index is 12.0. The number of hydrogen-bond acceptors (Lipinski definition) is 2. The van der Waals surface area contributed by atoms with Gasteiger partial charge in [-0.25, -0.2) is 0 Å². The van der Waals surface area contributed by atoms with Crippen molar-refractivity contribution in [2.75, 3.05) is 6.54 Å². The second-order valence-corrected chi connectivity index (χ2v) is 2.47. The molecule has 0 fully saturated rings. The van der Waals surface area contributed by atoms with Crippen LogP contribution >= 0.6 is 0 Å². The van der Waals surface area contributed by atoms with E-state index in [2.05, 4.69) is 14.4 Å². The van der Waals surface area contributed by atoms with Gasteiger partial charge in [0.2, 0.25) is 5.76 Å². The molecule has 0 unspecified atom stereocenters. The SMILES string of the molecule is [N-]=[N+]=NCCc1ccc(C(F)(F)F)o1. The van der Waals surface area contributed by atoms with Crippen molar-refractivity contribution in [3.8, 4) is 0 Å². The zero-order valence-electron chi connectivity index (χ0n) is 6.95. The summed E-state index contributed by atoms with van der Waals surface area (Å²) in [5.74, 6) is -0.877. The molecule has 0 aliphatic heterocycles. The summed E-state index contributed by atoms with van der Waals surface area (Å²) in [6, 6.07) is 2.07. The fraction of sp³-hybridized carbons (Fsp3) is 0.429. The van der Waals surface area contributed by atoms with E-state index >= 15 is 0 Å². The molecule has 4 nitrogen and oxygen atoms in total. The minimum atomic E-state index is -4.46. The zero-order chi connectivity index (χ0) is 10.6. The third-order valence-corrected chi connectivity index (χ3v) is 1.46. The van der Waals surface area contributed by atoms with Crippen LogP contribution in [0.3, 0.4) is 0 Å². The van der Waals surface area contributed by atoms with E-state index in [9.17, 15) is 13.2 Å². The molecule has 1 rings (SSSR count). The van der Waals surface area contributed by atoms with Gasteiger partial charge in [0.25, 0.3) is 0 Å². The minimum absolute atomic E-state index is 0.0846. The van der Waals surface area contributed by atoms with Crippen molar-refractivity contribution >= 4 is 0 Å². The van der Waals surface area contributed by atoms with Gasteiger partial charge in [0.15, 0.2) is 0 Å². The molecule has 7 heteroatoms. The summed E-state index contributed by atoms with van der Waals surface area (Å²) in [7, 11) is 0. The van der Waals surface area contributed by atoms with Crippen LogP contribution in [0, 0.1) is 0 Å². The highest BCUT2D eigenvalue weighted by molar-refractivity contribution is 5.10. The maximum absolute atomic E-state index is 12.0. The summed E-state index contributed by atoms with van der Waals surface area (Å²) >= 11 is 0. The van der Waals surface area contributed by atoms with Crippen molar-refractivity contribution in [1.82, 2.24) is 0 Å². The number of halogens is 3. The van der Waals surface area contributed by atoms with Gasteiger partial charge in [0.05, 0.1) is 0 Å². The van der Waals surface area contributed by atoms with Gasteiger partial charge in [0, 0.05) is 17.9 Å². The first-order valence-electron chi connectivity index (χ1n) is 3.71. The number of furan rings is 1. The minimum Gasteiger partial charge on any atom is -0.457 e.